The molecule has 1 aliphatic carbocycles. The zero-order chi connectivity index (χ0) is 22.2. The fourth-order valence-corrected chi connectivity index (χ4v) is 4.69. The van der Waals surface area contributed by atoms with E-state index in [9.17, 15) is 26.7 Å². The number of halogens is 5. The number of rotatable bonds is 5. The van der Waals surface area contributed by atoms with Crippen molar-refractivity contribution < 1.29 is 36.6 Å². The van der Waals surface area contributed by atoms with Crippen LogP contribution in [-0.2, 0) is 10.7 Å². The first kappa shape index (κ1) is 22.6. The molecule has 1 heterocycles. The molecule has 2 aliphatic rings. The van der Waals surface area contributed by atoms with Crippen molar-refractivity contribution in [3.63, 3.8) is 0 Å². The van der Waals surface area contributed by atoms with E-state index in [2.05, 4.69) is 4.74 Å². The van der Waals surface area contributed by atoms with Crippen LogP contribution in [0.2, 0.25) is 0 Å². The normalized spacial score (nSPS) is 20.4. The van der Waals surface area contributed by atoms with E-state index in [4.69, 9.17) is 5.11 Å². The number of carboxylic acid groups (broad SMARTS) is 1. The summed E-state index contributed by atoms with van der Waals surface area (Å²) in [6.07, 6.45) is 0.384. The Morgan fingerprint density at radius 1 is 1.10 bits per heavy atom. The Hall–Kier alpha value is -2.06. The van der Waals surface area contributed by atoms with E-state index in [1.807, 2.05) is 4.90 Å². The van der Waals surface area contributed by atoms with Gasteiger partial charge in [-0.15, -0.1) is 13.2 Å². The number of aliphatic carboxylic acids is 1. The SMILES string of the molecule is CC(F)(F)c1cc(OC(F)(F)F)cc(N2CCC3(CCC(CC(=O)O)CC3)CC2)c1. The van der Waals surface area contributed by atoms with Crippen molar-refractivity contribution >= 4 is 11.7 Å². The van der Waals surface area contributed by atoms with Crippen LogP contribution >= 0.6 is 0 Å². The Morgan fingerprint density at radius 3 is 2.20 bits per heavy atom. The van der Waals surface area contributed by atoms with Crippen molar-refractivity contribution in [1.82, 2.24) is 0 Å². The molecule has 1 aromatic rings. The van der Waals surface area contributed by atoms with Crippen LogP contribution in [0, 0.1) is 11.3 Å². The largest absolute Gasteiger partial charge is 0.573 e. The molecule has 168 valence electrons. The van der Waals surface area contributed by atoms with Gasteiger partial charge in [-0.1, -0.05) is 0 Å². The van der Waals surface area contributed by atoms with E-state index in [1.54, 1.807) is 0 Å². The van der Waals surface area contributed by atoms with Gasteiger partial charge in [0, 0.05) is 43.8 Å². The number of alkyl halides is 5. The van der Waals surface area contributed by atoms with Gasteiger partial charge in [0.2, 0.25) is 0 Å². The summed E-state index contributed by atoms with van der Waals surface area (Å²) < 4.78 is 69.5. The predicted octanol–water partition coefficient (Wildman–Crippen LogP) is 5.95. The van der Waals surface area contributed by atoms with E-state index in [1.165, 1.54) is 6.07 Å². The van der Waals surface area contributed by atoms with E-state index < -0.39 is 29.6 Å². The van der Waals surface area contributed by atoms with Gasteiger partial charge in [-0.25, -0.2) is 8.78 Å². The lowest BCUT2D eigenvalue weighted by Gasteiger charge is -2.46. The van der Waals surface area contributed by atoms with Crippen LogP contribution < -0.4 is 9.64 Å². The van der Waals surface area contributed by atoms with Crippen LogP contribution in [-0.4, -0.2) is 30.5 Å². The van der Waals surface area contributed by atoms with Gasteiger partial charge < -0.3 is 14.7 Å². The van der Waals surface area contributed by atoms with Gasteiger partial charge in [0.25, 0.3) is 5.92 Å². The molecule has 0 radical (unpaired) electrons. The van der Waals surface area contributed by atoms with Gasteiger partial charge in [-0.05, 0) is 62.0 Å². The molecule has 0 aromatic heterocycles. The van der Waals surface area contributed by atoms with Crippen molar-refractivity contribution in [1.29, 1.82) is 0 Å². The van der Waals surface area contributed by atoms with E-state index in [-0.39, 0.29) is 17.8 Å². The van der Waals surface area contributed by atoms with Crippen molar-refractivity contribution in [2.45, 2.75) is 64.2 Å². The fraction of sp³-hybridized carbons (Fsp3) is 0.667. The maximum absolute atomic E-state index is 13.8. The quantitative estimate of drug-likeness (QED) is 0.581. The molecule has 30 heavy (non-hydrogen) atoms. The van der Waals surface area contributed by atoms with Gasteiger partial charge in [-0.2, -0.15) is 0 Å². The van der Waals surface area contributed by atoms with Crippen LogP contribution in [0.15, 0.2) is 18.2 Å². The van der Waals surface area contributed by atoms with Crippen LogP contribution in [0.1, 0.15) is 57.4 Å². The minimum atomic E-state index is -4.96. The Morgan fingerprint density at radius 2 is 1.70 bits per heavy atom. The van der Waals surface area contributed by atoms with E-state index in [0.29, 0.717) is 25.7 Å². The average molecular weight is 435 g/mol. The molecule has 0 unspecified atom stereocenters. The Bertz CT molecular complexity index is 757. The highest BCUT2D eigenvalue weighted by atomic mass is 19.4. The second kappa shape index (κ2) is 8.23. The minimum absolute atomic E-state index is 0.100. The van der Waals surface area contributed by atoms with Crippen molar-refractivity contribution in [2.75, 3.05) is 18.0 Å². The maximum atomic E-state index is 13.8. The zero-order valence-corrected chi connectivity index (χ0v) is 16.8. The molecule has 9 heteroatoms. The van der Waals surface area contributed by atoms with Gasteiger partial charge in [0.1, 0.15) is 5.75 Å². The molecule has 3 rings (SSSR count). The molecule has 0 atom stereocenters. The van der Waals surface area contributed by atoms with Crippen molar-refractivity contribution in [3.8, 4) is 5.75 Å². The first-order valence-electron chi connectivity index (χ1n) is 10.1. The summed E-state index contributed by atoms with van der Waals surface area (Å²) in [6.45, 7) is 1.74. The van der Waals surface area contributed by atoms with Crippen molar-refractivity contribution in [3.05, 3.63) is 23.8 Å². The number of nitrogens with zero attached hydrogens (tertiary/aromatic N) is 1. The molecule has 0 bridgehead atoms. The summed E-state index contributed by atoms with van der Waals surface area (Å²) in [5.74, 6) is -4.53. The first-order valence-corrected chi connectivity index (χ1v) is 10.1. The average Bonchev–Trinajstić information content (AvgIpc) is 2.62. The van der Waals surface area contributed by atoms with Crippen LogP contribution in [0.4, 0.5) is 27.6 Å². The van der Waals surface area contributed by atoms with Crippen LogP contribution in [0.25, 0.3) is 0 Å². The molecular weight excluding hydrogens is 409 g/mol. The number of carbonyl (C=O) groups is 1. The topological polar surface area (TPSA) is 49.8 Å². The third-order valence-electron chi connectivity index (χ3n) is 6.45. The third-order valence-corrected chi connectivity index (χ3v) is 6.45. The molecule has 1 saturated heterocycles. The molecule has 1 aliphatic heterocycles. The molecule has 1 aromatic carbocycles. The summed E-state index contributed by atoms with van der Waals surface area (Å²) in [5, 5.41) is 8.96. The number of benzene rings is 1. The van der Waals surface area contributed by atoms with E-state index >= 15 is 0 Å². The maximum Gasteiger partial charge on any atom is 0.573 e. The molecular formula is C21H26F5NO3. The number of piperidine rings is 1. The Kier molecular flexibility index (Phi) is 6.20. The second-order valence-corrected chi connectivity index (χ2v) is 8.68. The number of carboxylic acids is 1. The highest BCUT2D eigenvalue weighted by Gasteiger charge is 2.39. The Balaban J connectivity index is 1.70. The summed E-state index contributed by atoms with van der Waals surface area (Å²) >= 11 is 0. The molecule has 1 N–H and O–H groups in total. The number of anilines is 1. The lowest BCUT2D eigenvalue weighted by Crippen LogP contribution is -2.42. The summed E-state index contributed by atoms with van der Waals surface area (Å²) in [7, 11) is 0. The van der Waals surface area contributed by atoms with Crippen molar-refractivity contribution in [2.24, 2.45) is 11.3 Å². The molecule has 0 amide bonds. The Labute approximate surface area is 172 Å². The first-order chi connectivity index (χ1) is 13.9. The lowest BCUT2D eigenvalue weighted by atomic mass is 9.65. The lowest BCUT2D eigenvalue weighted by molar-refractivity contribution is -0.274. The number of hydrogen-bond acceptors (Lipinski definition) is 3. The summed E-state index contributed by atoms with van der Waals surface area (Å²) in [4.78, 5) is 12.7. The fourth-order valence-electron chi connectivity index (χ4n) is 4.69. The third kappa shape index (κ3) is 5.76. The zero-order valence-electron chi connectivity index (χ0n) is 16.8. The van der Waals surface area contributed by atoms with Gasteiger partial charge >= 0.3 is 12.3 Å². The smallest absolute Gasteiger partial charge is 0.481 e. The second-order valence-electron chi connectivity index (χ2n) is 8.68. The molecule has 1 saturated carbocycles. The summed E-state index contributed by atoms with van der Waals surface area (Å²) in [5.41, 5.74) is -0.125. The summed E-state index contributed by atoms with van der Waals surface area (Å²) in [6, 6.07) is 3.11. The van der Waals surface area contributed by atoms with Crippen LogP contribution in [0.5, 0.6) is 5.75 Å². The monoisotopic (exact) mass is 435 g/mol. The number of ether oxygens (including phenoxy) is 1. The molecule has 4 nitrogen and oxygen atoms in total. The standard InChI is InChI=1S/C21H26F5NO3/c1-19(22,23)15-11-16(13-17(12-15)30-21(24,25)26)27-8-6-20(7-9-27)4-2-14(3-5-20)10-18(28)29/h11-14H,2-10H2,1H3,(H,28,29). The van der Waals surface area contributed by atoms with Gasteiger partial charge in [0.05, 0.1) is 0 Å². The molecule has 2 fully saturated rings. The molecule has 1 spiro atoms. The predicted molar refractivity (Wildman–Crippen MR) is 101 cm³/mol. The highest BCUT2D eigenvalue weighted by molar-refractivity contribution is 5.67. The van der Waals surface area contributed by atoms with Crippen LogP contribution in [0.3, 0.4) is 0 Å². The number of hydrogen-bond donors (Lipinski definition) is 1. The van der Waals surface area contributed by atoms with Gasteiger partial charge in [-0.3, -0.25) is 4.79 Å². The minimum Gasteiger partial charge on any atom is -0.481 e. The van der Waals surface area contributed by atoms with Gasteiger partial charge in [0.15, 0.2) is 0 Å². The highest BCUT2D eigenvalue weighted by Crippen LogP contribution is 2.48. The van der Waals surface area contributed by atoms with E-state index in [0.717, 1.165) is 50.7 Å².